The Morgan fingerprint density at radius 1 is 0.935 bits per heavy atom. The molecule has 0 aliphatic carbocycles. The van der Waals surface area contributed by atoms with Crippen LogP contribution in [0.25, 0.3) is 21.2 Å². The van der Waals surface area contributed by atoms with Crippen LogP contribution in [0, 0.1) is 6.92 Å². The molecule has 5 N–H and O–H groups in total. The SMILES string of the molecule is Cc1cc(-c2cn(C)c(=O)c3cc(C(N)=NC4CCS(=O)(=O)CC4)sc23)ccc1OCC(=O)NCCCCCCCCNc1cccc2c1C(=O)N(C1CCC(=O)NC1=O)C2=O. The Hall–Kier alpha value is -5.88. The van der Waals surface area contributed by atoms with Crippen molar-refractivity contribution in [3.8, 4) is 16.9 Å². The summed E-state index contributed by atoms with van der Waals surface area (Å²) in [5, 5.41) is 8.94. The number of nitrogens with two attached hydrogens (primary N) is 1. The number of carbonyl (C=O) groups excluding carboxylic acids is 5. The van der Waals surface area contributed by atoms with Crippen LogP contribution in [0.3, 0.4) is 0 Å². The van der Waals surface area contributed by atoms with Crippen LogP contribution >= 0.6 is 11.3 Å². The molecule has 3 aliphatic rings. The first kappa shape index (κ1) is 44.2. The second-order valence-electron chi connectivity index (χ2n) is 16.1. The molecule has 5 amide bonds. The van der Waals surface area contributed by atoms with Crippen molar-refractivity contribution in [2.45, 2.75) is 83.2 Å². The largest absolute Gasteiger partial charge is 0.484 e. The second kappa shape index (κ2) is 19.0. The highest BCUT2D eigenvalue weighted by Crippen LogP contribution is 2.36. The zero-order valence-corrected chi connectivity index (χ0v) is 36.4. The van der Waals surface area contributed by atoms with Gasteiger partial charge in [0.1, 0.15) is 27.5 Å². The van der Waals surface area contributed by atoms with E-state index in [0.717, 1.165) is 64.8 Å². The molecular formula is C44H51N7O9S2. The molecule has 16 nitrogen and oxygen atoms in total. The molecule has 0 saturated carbocycles. The number of nitrogens with zero attached hydrogens (tertiary/aromatic N) is 3. The number of amidine groups is 1. The number of ether oxygens (including phenoxy) is 1. The average molecular weight is 886 g/mol. The van der Waals surface area contributed by atoms with Gasteiger partial charge in [-0.2, -0.15) is 0 Å². The van der Waals surface area contributed by atoms with E-state index < -0.39 is 39.5 Å². The highest BCUT2D eigenvalue weighted by Gasteiger charge is 2.45. The molecule has 5 heterocycles. The fourth-order valence-corrected chi connectivity index (χ4v) is 10.7. The molecule has 2 saturated heterocycles. The van der Waals surface area contributed by atoms with E-state index in [9.17, 15) is 37.2 Å². The van der Waals surface area contributed by atoms with Crippen molar-refractivity contribution in [2.75, 3.05) is 36.5 Å². The monoisotopic (exact) mass is 885 g/mol. The number of imide groups is 2. The molecule has 0 spiro atoms. The normalized spacial score (nSPS) is 17.9. The maximum Gasteiger partial charge on any atom is 0.264 e. The van der Waals surface area contributed by atoms with E-state index in [1.165, 1.54) is 15.9 Å². The Morgan fingerprint density at radius 3 is 2.39 bits per heavy atom. The number of amides is 5. The van der Waals surface area contributed by atoms with Gasteiger partial charge in [0.05, 0.1) is 38.9 Å². The summed E-state index contributed by atoms with van der Waals surface area (Å²) in [5.74, 6) is -1.28. The third-order valence-electron chi connectivity index (χ3n) is 11.5. The molecule has 18 heteroatoms. The van der Waals surface area contributed by atoms with Crippen molar-refractivity contribution in [1.29, 1.82) is 0 Å². The van der Waals surface area contributed by atoms with E-state index >= 15 is 0 Å². The van der Waals surface area contributed by atoms with Crippen LogP contribution in [0.5, 0.6) is 5.75 Å². The minimum atomic E-state index is -3.02. The molecule has 2 aromatic carbocycles. The van der Waals surface area contributed by atoms with Crippen molar-refractivity contribution < 1.29 is 37.1 Å². The predicted octanol–water partition coefficient (Wildman–Crippen LogP) is 4.21. The lowest BCUT2D eigenvalue weighted by molar-refractivity contribution is -0.136. The first-order valence-corrected chi connectivity index (χ1v) is 23.6. The van der Waals surface area contributed by atoms with Gasteiger partial charge in [-0.1, -0.05) is 37.8 Å². The minimum Gasteiger partial charge on any atom is -0.484 e. The summed E-state index contributed by atoms with van der Waals surface area (Å²) in [6, 6.07) is 11.3. The number of nitrogens with one attached hydrogen (secondary N) is 3. The summed E-state index contributed by atoms with van der Waals surface area (Å²) in [5.41, 5.74) is 9.81. The van der Waals surface area contributed by atoms with Gasteiger partial charge in [0, 0.05) is 48.7 Å². The number of sulfone groups is 1. The fraction of sp³-hybridized carbons (Fsp3) is 0.432. The Morgan fingerprint density at radius 2 is 1.66 bits per heavy atom. The number of aryl methyl sites for hydroxylation is 2. The van der Waals surface area contributed by atoms with Crippen LogP contribution < -0.4 is 32.0 Å². The smallest absolute Gasteiger partial charge is 0.264 e. The minimum absolute atomic E-state index is 0.0671. The molecule has 1 unspecified atom stereocenters. The van der Waals surface area contributed by atoms with Gasteiger partial charge in [-0.15, -0.1) is 11.3 Å². The number of carbonyl (C=O) groups is 5. The van der Waals surface area contributed by atoms with Crippen molar-refractivity contribution in [2.24, 2.45) is 17.8 Å². The third kappa shape index (κ3) is 9.91. The zero-order chi connectivity index (χ0) is 44.1. The maximum atomic E-state index is 13.3. The maximum absolute atomic E-state index is 13.3. The van der Waals surface area contributed by atoms with Crippen molar-refractivity contribution in [1.82, 2.24) is 20.1 Å². The van der Waals surface area contributed by atoms with Crippen molar-refractivity contribution in [3.63, 3.8) is 0 Å². The van der Waals surface area contributed by atoms with Crippen LogP contribution in [0.15, 0.2) is 58.4 Å². The van der Waals surface area contributed by atoms with Gasteiger partial charge < -0.3 is 25.7 Å². The van der Waals surface area contributed by atoms with E-state index in [0.29, 0.717) is 53.5 Å². The lowest BCUT2D eigenvalue weighted by Gasteiger charge is -2.27. The first-order valence-electron chi connectivity index (χ1n) is 21.0. The van der Waals surface area contributed by atoms with E-state index in [4.69, 9.17) is 10.5 Å². The summed E-state index contributed by atoms with van der Waals surface area (Å²) in [4.78, 5) is 82.3. The average Bonchev–Trinajstić information content (AvgIpc) is 3.80. The number of pyridine rings is 1. The van der Waals surface area contributed by atoms with Crippen LogP contribution in [-0.2, 0) is 31.3 Å². The molecular weight excluding hydrogens is 835 g/mol. The molecule has 1 atom stereocenters. The molecule has 3 aliphatic heterocycles. The number of hydrogen-bond acceptors (Lipinski definition) is 12. The van der Waals surface area contributed by atoms with E-state index in [-0.39, 0.29) is 59.6 Å². The van der Waals surface area contributed by atoms with Crippen LogP contribution in [0.4, 0.5) is 5.69 Å². The van der Waals surface area contributed by atoms with E-state index in [2.05, 4.69) is 20.9 Å². The summed E-state index contributed by atoms with van der Waals surface area (Å²) < 4.78 is 31.9. The molecule has 7 rings (SSSR count). The number of aliphatic imine (C=N–C) groups is 1. The summed E-state index contributed by atoms with van der Waals surface area (Å²) in [7, 11) is -1.33. The number of rotatable bonds is 17. The summed E-state index contributed by atoms with van der Waals surface area (Å²) in [6.45, 7) is 2.91. The van der Waals surface area contributed by atoms with Crippen molar-refractivity contribution >= 4 is 72.3 Å². The Labute approximate surface area is 363 Å². The Kier molecular flexibility index (Phi) is 13.6. The van der Waals surface area contributed by atoms with Gasteiger partial charge in [0.2, 0.25) is 11.8 Å². The number of fused-ring (bicyclic) bond motifs is 2. The van der Waals surface area contributed by atoms with Crippen LogP contribution in [0.1, 0.15) is 95.4 Å². The number of anilines is 1. The van der Waals surface area contributed by atoms with Crippen LogP contribution in [-0.4, -0.2) is 96.5 Å². The molecule has 0 radical (unpaired) electrons. The summed E-state index contributed by atoms with van der Waals surface area (Å²) in [6.07, 6.45) is 8.40. The second-order valence-corrected chi connectivity index (χ2v) is 19.4. The van der Waals surface area contributed by atoms with E-state index in [1.54, 1.807) is 37.5 Å². The number of unbranched alkanes of at least 4 members (excludes halogenated alkanes) is 5. The van der Waals surface area contributed by atoms with Gasteiger partial charge in [-0.3, -0.25) is 44.0 Å². The van der Waals surface area contributed by atoms with Crippen molar-refractivity contribution in [3.05, 3.63) is 80.6 Å². The lowest BCUT2D eigenvalue weighted by atomic mass is 10.0. The first-order chi connectivity index (χ1) is 29.7. The molecule has 2 fully saturated rings. The van der Waals surface area contributed by atoms with Gasteiger partial charge in [0.15, 0.2) is 6.61 Å². The molecule has 0 bridgehead atoms. The molecule has 2 aromatic heterocycles. The van der Waals surface area contributed by atoms with Crippen LogP contribution in [0.2, 0.25) is 0 Å². The van der Waals surface area contributed by atoms with Gasteiger partial charge in [-0.05, 0) is 80.5 Å². The Balaban J connectivity index is 0.814. The summed E-state index contributed by atoms with van der Waals surface area (Å²) >= 11 is 1.38. The fourth-order valence-electron chi connectivity index (χ4n) is 8.09. The third-order valence-corrected chi connectivity index (χ3v) is 14.4. The number of hydrogen-bond donors (Lipinski definition) is 4. The predicted molar refractivity (Wildman–Crippen MR) is 237 cm³/mol. The van der Waals surface area contributed by atoms with Gasteiger partial charge >= 0.3 is 0 Å². The standard InChI is InChI=1S/C44H51N7O9S2/c1-26-22-27(31-24-50(2)42(55)30-23-35(61-39(30)31)40(45)48-28-16-20-62(58,59)21-17-28)12-14-34(26)60-25-37(53)47-19-8-6-4-3-5-7-18-46-32-11-9-10-29-38(32)44(57)51(43(29)56)33-13-15-36(52)49-41(33)54/h9-12,14,22-24,28,33,46H,3-8,13,15-21,25H2,1-2H3,(H2,45,48)(H,47,53)(H,49,52,54). The highest BCUT2D eigenvalue weighted by molar-refractivity contribution is 7.91. The topological polar surface area (TPSA) is 228 Å². The number of thiophene rings is 1. The molecule has 4 aromatic rings. The quantitative estimate of drug-likeness (QED) is 0.0508. The highest BCUT2D eigenvalue weighted by atomic mass is 32.2. The zero-order valence-electron chi connectivity index (χ0n) is 34.8. The number of benzene rings is 2. The Bertz CT molecular complexity index is 2620. The van der Waals surface area contributed by atoms with E-state index in [1.807, 2.05) is 25.1 Å². The van der Waals surface area contributed by atoms with Gasteiger partial charge in [0.25, 0.3) is 23.3 Å². The molecule has 62 heavy (non-hydrogen) atoms. The lowest BCUT2D eigenvalue weighted by Crippen LogP contribution is -2.54. The molecule has 328 valence electrons. The number of piperidine rings is 1. The van der Waals surface area contributed by atoms with Gasteiger partial charge in [-0.25, -0.2) is 8.42 Å². The number of aromatic nitrogens is 1.